The van der Waals surface area contributed by atoms with E-state index < -0.39 is 6.10 Å². The maximum Gasteiger partial charge on any atom is 0.302 e. The molecule has 0 aromatic rings. The highest BCUT2D eigenvalue weighted by atomic mass is 16.5. The summed E-state index contributed by atoms with van der Waals surface area (Å²) in [4.78, 5) is 10.1. The van der Waals surface area contributed by atoms with Gasteiger partial charge in [0.05, 0.1) is 32.0 Å². The van der Waals surface area contributed by atoms with E-state index in [1.807, 2.05) is 0 Å². The van der Waals surface area contributed by atoms with Gasteiger partial charge in [-0.25, -0.2) is 0 Å². The van der Waals surface area contributed by atoms with Gasteiger partial charge in [-0.05, 0) is 20.3 Å². The van der Waals surface area contributed by atoms with Gasteiger partial charge in [0.25, 0.3) is 0 Å². The van der Waals surface area contributed by atoms with Crippen molar-refractivity contribution in [1.29, 1.82) is 0 Å². The molecule has 2 atom stereocenters. The smallest absolute Gasteiger partial charge is 0.302 e. The van der Waals surface area contributed by atoms with Gasteiger partial charge in [-0.3, -0.25) is 4.79 Å². The molecule has 0 aromatic carbocycles. The maximum atomic E-state index is 10.1. The van der Waals surface area contributed by atoms with Crippen molar-refractivity contribution >= 4 is 5.97 Å². The van der Waals surface area contributed by atoms with Gasteiger partial charge in [-0.1, -0.05) is 13.3 Å². The zero-order chi connectivity index (χ0) is 13.7. The van der Waals surface area contributed by atoms with Crippen LogP contribution in [0, 0.1) is 0 Å². The number of carbonyl (C=O) groups excluding carboxylic acids is 1. The Labute approximate surface area is 104 Å². The third kappa shape index (κ3) is 21.2. The van der Waals surface area contributed by atoms with E-state index in [2.05, 4.69) is 11.7 Å². The fourth-order valence-electron chi connectivity index (χ4n) is 0.716. The Bertz CT molecular complexity index is 170. The van der Waals surface area contributed by atoms with Crippen molar-refractivity contribution < 1.29 is 24.5 Å². The summed E-state index contributed by atoms with van der Waals surface area (Å²) in [6.45, 7) is 7.76. The van der Waals surface area contributed by atoms with Gasteiger partial charge in [-0.2, -0.15) is 0 Å². The van der Waals surface area contributed by atoms with Crippen molar-refractivity contribution in [2.75, 3.05) is 19.8 Å². The molecule has 0 saturated carbocycles. The Morgan fingerprint density at radius 1 is 1.35 bits per heavy atom. The van der Waals surface area contributed by atoms with Crippen molar-refractivity contribution in [2.24, 2.45) is 0 Å². The second-order valence-corrected chi connectivity index (χ2v) is 3.87. The molecule has 0 heterocycles. The third-order valence-corrected chi connectivity index (χ3v) is 1.68. The van der Waals surface area contributed by atoms with E-state index in [-0.39, 0.29) is 18.7 Å². The van der Waals surface area contributed by atoms with Crippen LogP contribution in [-0.4, -0.2) is 48.2 Å². The van der Waals surface area contributed by atoms with Crippen LogP contribution >= 0.6 is 0 Å². The Balaban J connectivity index is 0. The molecule has 5 heteroatoms. The molecule has 17 heavy (non-hydrogen) atoms. The number of aliphatic hydroxyl groups is 2. The van der Waals surface area contributed by atoms with E-state index in [0.717, 1.165) is 12.8 Å². The number of unbranched alkanes of at least 4 members (excludes halogenated alkanes) is 1. The summed E-state index contributed by atoms with van der Waals surface area (Å²) in [6, 6.07) is 0. The molecule has 0 aromatic heterocycles. The van der Waals surface area contributed by atoms with Crippen LogP contribution in [0.3, 0.4) is 0 Å². The predicted molar refractivity (Wildman–Crippen MR) is 65.7 cm³/mol. The maximum absolute atomic E-state index is 10.1. The highest BCUT2D eigenvalue weighted by Gasteiger charge is 2.00. The first-order valence-electron chi connectivity index (χ1n) is 5.97. The van der Waals surface area contributed by atoms with Crippen molar-refractivity contribution in [3.8, 4) is 0 Å². The fourth-order valence-corrected chi connectivity index (χ4v) is 0.716. The molecule has 0 aliphatic carbocycles. The summed E-state index contributed by atoms with van der Waals surface area (Å²) < 4.78 is 9.60. The number of esters is 1. The van der Waals surface area contributed by atoms with Crippen LogP contribution in [-0.2, 0) is 14.3 Å². The molecule has 0 saturated heterocycles. The first-order chi connectivity index (χ1) is 7.93. The quantitative estimate of drug-likeness (QED) is 0.523. The van der Waals surface area contributed by atoms with Crippen molar-refractivity contribution in [3.63, 3.8) is 0 Å². The van der Waals surface area contributed by atoms with Crippen molar-refractivity contribution in [3.05, 3.63) is 0 Å². The SMILES string of the molecule is CC(O)COC(C)CO.CCCCOC(C)=O. The Morgan fingerprint density at radius 3 is 2.29 bits per heavy atom. The summed E-state index contributed by atoms with van der Waals surface area (Å²) in [5.74, 6) is -0.182. The van der Waals surface area contributed by atoms with Gasteiger partial charge in [0, 0.05) is 6.92 Å². The van der Waals surface area contributed by atoms with E-state index in [4.69, 9.17) is 14.9 Å². The molecule has 0 bridgehead atoms. The van der Waals surface area contributed by atoms with E-state index in [0.29, 0.717) is 13.2 Å². The topological polar surface area (TPSA) is 76.0 Å². The second kappa shape index (κ2) is 13.4. The van der Waals surface area contributed by atoms with E-state index >= 15 is 0 Å². The standard InChI is InChI=1S/C6H14O3.C6H12O2/c1-5(8)4-9-6(2)3-7;1-3-4-5-8-6(2)7/h5-8H,3-4H2,1-2H3;3-5H2,1-2H3. The molecule has 0 aliphatic heterocycles. The highest BCUT2D eigenvalue weighted by molar-refractivity contribution is 5.65. The number of ether oxygens (including phenoxy) is 2. The lowest BCUT2D eigenvalue weighted by Gasteiger charge is -2.10. The van der Waals surface area contributed by atoms with Gasteiger partial charge in [0.15, 0.2) is 0 Å². The Morgan fingerprint density at radius 2 is 1.94 bits per heavy atom. The van der Waals surface area contributed by atoms with Crippen LogP contribution in [0.5, 0.6) is 0 Å². The summed E-state index contributed by atoms with van der Waals surface area (Å²) >= 11 is 0. The average Bonchev–Trinajstić information content (AvgIpc) is 2.26. The van der Waals surface area contributed by atoms with Gasteiger partial charge in [0.1, 0.15) is 0 Å². The minimum atomic E-state index is -0.445. The summed E-state index contributed by atoms with van der Waals surface area (Å²) in [5, 5.41) is 17.1. The second-order valence-electron chi connectivity index (χ2n) is 3.87. The van der Waals surface area contributed by atoms with E-state index in [1.165, 1.54) is 6.92 Å². The molecule has 2 unspecified atom stereocenters. The van der Waals surface area contributed by atoms with Gasteiger partial charge >= 0.3 is 5.97 Å². The molecule has 0 radical (unpaired) electrons. The van der Waals surface area contributed by atoms with Gasteiger partial charge in [-0.15, -0.1) is 0 Å². The lowest BCUT2D eigenvalue weighted by molar-refractivity contribution is -0.141. The van der Waals surface area contributed by atoms with Crippen LogP contribution in [0.1, 0.15) is 40.5 Å². The Kier molecular flexibility index (Phi) is 14.8. The molecule has 0 rings (SSSR count). The predicted octanol–water partition coefficient (Wildman–Crippen LogP) is 1.11. The average molecular weight is 250 g/mol. The van der Waals surface area contributed by atoms with Crippen LogP contribution in [0.15, 0.2) is 0 Å². The van der Waals surface area contributed by atoms with Gasteiger partial charge < -0.3 is 19.7 Å². The summed E-state index contributed by atoms with van der Waals surface area (Å²) in [5.41, 5.74) is 0. The van der Waals surface area contributed by atoms with E-state index in [9.17, 15) is 4.79 Å². The highest BCUT2D eigenvalue weighted by Crippen LogP contribution is 1.90. The summed E-state index contributed by atoms with van der Waals surface area (Å²) in [7, 11) is 0. The lowest BCUT2D eigenvalue weighted by atomic mass is 10.4. The minimum absolute atomic E-state index is 0.00667. The Hall–Kier alpha value is -0.650. The minimum Gasteiger partial charge on any atom is -0.466 e. The number of hydrogen-bond acceptors (Lipinski definition) is 5. The zero-order valence-corrected chi connectivity index (χ0v) is 11.3. The van der Waals surface area contributed by atoms with Crippen LogP contribution in [0.25, 0.3) is 0 Å². The van der Waals surface area contributed by atoms with Crippen LogP contribution in [0.4, 0.5) is 0 Å². The van der Waals surface area contributed by atoms with Gasteiger partial charge in [0.2, 0.25) is 0 Å². The fraction of sp³-hybridized carbons (Fsp3) is 0.917. The van der Waals surface area contributed by atoms with Crippen molar-refractivity contribution in [1.82, 2.24) is 0 Å². The zero-order valence-electron chi connectivity index (χ0n) is 11.3. The number of carbonyl (C=O) groups is 1. The molecule has 104 valence electrons. The van der Waals surface area contributed by atoms with Crippen molar-refractivity contribution in [2.45, 2.75) is 52.7 Å². The normalized spacial score (nSPS) is 13.3. The molecule has 0 fully saturated rings. The molecule has 0 amide bonds. The van der Waals surface area contributed by atoms with Crippen LogP contribution in [0.2, 0.25) is 0 Å². The first-order valence-corrected chi connectivity index (χ1v) is 5.97. The molecule has 0 aliphatic rings. The molecule has 0 spiro atoms. The molecular formula is C12H26O5. The first kappa shape index (κ1) is 18.7. The third-order valence-electron chi connectivity index (χ3n) is 1.68. The number of rotatable bonds is 7. The number of hydrogen-bond donors (Lipinski definition) is 2. The van der Waals surface area contributed by atoms with Crippen LogP contribution < -0.4 is 0 Å². The summed E-state index contributed by atoms with van der Waals surface area (Å²) in [6.07, 6.45) is 1.44. The molecule has 5 nitrogen and oxygen atoms in total. The number of aliphatic hydroxyl groups excluding tert-OH is 2. The molecular weight excluding hydrogens is 224 g/mol. The lowest BCUT2D eigenvalue weighted by Crippen LogP contribution is -2.19. The van der Waals surface area contributed by atoms with E-state index in [1.54, 1.807) is 13.8 Å². The molecule has 2 N–H and O–H groups in total. The largest absolute Gasteiger partial charge is 0.466 e. The monoisotopic (exact) mass is 250 g/mol.